The molecule has 1 fully saturated rings. The predicted octanol–water partition coefficient (Wildman–Crippen LogP) is 2.24. The number of anilines is 1. The summed E-state index contributed by atoms with van der Waals surface area (Å²) >= 11 is 5.92. The van der Waals surface area contributed by atoms with Gasteiger partial charge < -0.3 is 10.1 Å². The summed E-state index contributed by atoms with van der Waals surface area (Å²) in [4.78, 5) is 11.7. The number of carbonyl (C=O) groups is 1. The minimum Gasteiger partial charge on any atom is -0.381 e. The van der Waals surface area contributed by atoms with Crippen LogP contribution in [0.2, 0.25) is 5.02 Å². The van der Waals surface area contributed by atoms with E-state index in [1.54, 1.807) is 0 Å². The number of benzene rings is 1. The Kier molecular flexibility index (Phi) is 4.35. The first-order valence-corrected chi connectivity index (χ1v) is 8.19. The molecule has 8 heteroatoms. The lowest BCUT2D eigenvalue weighted by atomic mass is 10.1. The third kappa shape index (κ3) is 3.60. The van der Waals surface area contributed by atoms with Crippen LogP contribution < -0.4 is 5.32 Å². The van der Waals surface area contributed by atoms with Crippen LogP contribution in [-0.4, -0.2) is 27.5 Å². The Labute approximate surface area is 120 Å². The van der Waals surface area contributed by atoms with Crippen LogP contribution in [0, 0.1) is 5.92 Å². The zero-order valence-corrected chi connectivity index (χ0v) is 12.1. The number of hydrogen-bond donors (Lipinski definition) is 1. The predicted molar refractivity (Wildman–Crippen MR) is 72.0 cm³/mol. The summed E-state index contributed by atoms with van der Waals surface area (Å²) in [6.45, 7) is 0.951. The Balaban J connectivity index is 2.15. The lowest BCUT2D eigenvalue weighted by Gasteiger charge is -2.11. The smallest absolute Gasteiger partial charge is 0.261 e. The normalized spacial score (nSPS) is 19.4. The Bertz CT molecular complexity index is 597. The van der Waals surface area contributed by atoms with Crippen LogP contribution in [0.4, 0.5) is 5.69 Å². The van der Waals surface area contributed by atoms with E-state index < -0.39 is 9.05 Å². The van der Waals surface area contributed by atoms with E-state index in [4.69, 9.17) is 27.0 Å². The van der Waals surface area contributed by atoms with Crippen molar-refractivity contribution in [1.82, 2.24) is 0 Å². The highest BCUT2D eigenvalue weighted by molar-refractivity contribution is 8.13. The first-order valence-electron chi connectivity index (χ1n) is 5.51. The molecular weight excluding hydrogens is 313 g/mol. The third-order valence-corrected chi connectivity index (χ3v) is 4.44. The third-order valence-electron chi connectivity index (χ3n) is 2.78. The van der Waals surface area contributed by atoms with E-state index in [-0.39, 0.29) is 21.7 Å². The first kappa shape index (κ1) is 14.6. The van der Waals surface area contributed by atoms with Crippen LogP contribution >= 0.6 is 22.3 Å². The number of ether oxygens (including phenoxy) is 1. The van der Waals surface area contributed by atoms with Crippen molar-refractivity contribution in [2.24, 2.45) is 5.92 Å². The molecule has 1 N–H and O–H groups in total. The molecule has 1 atom stereocenters. The zero-order chi connectivity index (χ0) is 14.0. The van der Waals surface area contributed by atoms with Gasteiger partial charge in [0.15, 0.2) is 0 Å². The molecule has 1 aliphatic heterocycles. The van der Waals surface area contributed by atoms with E-state index in [9.17, 15) is 13.2 Å². The van der Waals surface area contributed by atoms with Crippen LogP contribution in [0.5, 0.6) is 0 Å². The molecule has 1 aromatic rings. The van der Waals surface area contributed by atoms with Gasteiger partial charge in [-0.2, -0.15) is 0 Å². The number of hydrogen-bond acceptors (Lipinski definition) is 4. The Morgan fingerprint density at radius 1 is 1.42 bits per heavy atom. The van der Waals surface area contributed by atoms with Crippen LogP contribution in [0.1, 0.15) is 6.42 Å². The fourth-order valence-corrected chi connectivity index (χ4v) is 2.79. The van der Waals surface area contributed by atoms with Gasteiger partial charge in [-0.25, -0.2) is 8.42 Å². The van der Waals surface area contributed by atoms with Crippen molar-refractivity contribution in [3.8, 4) is 0 Å². The van der Waals surface area contributed by atoms with Crippen LogP contribution in [0.25, 0.3) is 0 Å². The quantitative estimate of drug-likeness (QED) is 0.866. The van der Waals surface area contributed by atoms with E-state index in [1.807, 2.05) is 0 Å². The molecule has 5 nitrogen and oxygen atoms in total. The van der Waals surface area contributed by atoms with Crippen molar-refractivity contribution >= 4 is 42.9 Å². The molecule has 1 unspecified atom stereocenters. The van der Waals surface area contributed by atoms with E-state index in [2.05, 4.69) is 5.32 Å². The first-order chi connectivity index (χ1) is 8.88. The van der Waals surface area contributed by atoms with Crippen molar-refractivity contribution in [3.05, 3.63) is 23.2 Å². The van der Waals surface area contributed by atoms with Gasteiger partial charge in [0.25, 0.3) is 9.05 Å². The highest BCUT2D eigenvalue weighted by Gasteiger charge is 2.24. The molecule has 19 heavy (non-hydrogen) atoms. The molecule has 2 rings (SSSR count). The van der Waals surface area contributed by atoms with Gasteiger partial charge in [-0.05, 0) is 24.6 Å². The number of rotatable bonds is 3. The van der Waals surface area contributed by atoms with E-state index in [1.165, 1.54) is 18.2 Å². The number of nitrogens with one attached hydrogen (secondary N) is 1. The molecule has 1 heterocycles. The minimum absolute atomic E-state index is 0.110. The average Bonchev–Trinajstić information content (AvgIpc) is 2.84. The van der Waals surface area contributed by atoms with Gasteiger partial charge in [-0.15, -0.1) is 0 Å². The molecule has 1 saturated heterocycles. The van der Waals surface area contributed by atoms with Gasteiger partial charge in [-0.3, -0.25) is 4.79 Å². The van der Waals surface area contributed by atoms with Gasteiger partial charge >= 0.3 is 0 Å². The maximum Gasteiger partial charge on any atom is 0.261 e. The Morgan fingerprint density at radius 3 is 2.68 bits per heavy atom. The second kappa shape index (κ2) is 5.66. The molecule has 0 aromatic heterocycles. The molecule has 1 aliphatic rings. The van der Waals surface area contributed by atoms with Gasteiger partial charge in [-0.1, -0.05) is 11.6 Å². The van der Waals surface area contributed by atoms with Crippen LogP contribution in [-0.2, 0) is 18.6 Å². The maximum absolute atomic E-state index is 11.9. The van der Waals surface area contributed by atoms with E-state index in [0.717, 1.165) is 0 Å². The molecule has 1 amide bonds. The van der Waals surface area contributed by atoms with Gasteiger partial charge in [0, 0.05) is 17.3 Å². The fourth-order valence-electron chi connectivity index (χ4n) is 1.72. The standard InChI is InChI=1S/C11H11Cl2NO4S/c12-9-5-8(19(13,16)17)1-2-10(9)14-11(15)7-3-4-18-6-7/h1-2,5,7H,3-4,6H2,(H,14,15). The molecule has 0 radical (unpaired) electrons. The summed E-state index contributed by atoms with van der Waals surface area (Å²) in [6.07, 6.45) is 0.664. The molecule has 0 saturated carbocycles. The molecule has 0 spiro atoms. The van der Waals surface area contributed by atoms with E-state index >= 15 is 0 Å². The van der Waals surface area contributed by atoms with E-state index in [0.29, 0.717) is 25.3 Å². The number of amides is 1. The van der Waals surface area contributed by atoms with Crippen molar-refractivity contribution in [2.45, 2.75) is 11.3 Å². The van der Waals surface area contributed by atoms with Crippen LogP contribution in [0.3, 0.4) is 0 Å². The summed E-state index contributed by atoms with van der Waals surface area (Å²) in [5, 5.41) is 2.76. The second-order valence-corrected chi connectivity index (χ2v) is 7.10. The Morgan fingerprint density at radius 2 is 2.16 bits per heavy atom. The lowest BCUT2D eigenvalue weighted by molar-refractivity contribution is -0.119. The number of halogens is 2. The SMILES string of the molecule is O=C(Nc1ccc(S(=O)(=O)Cl)cc1Cl)C1CCOC1. The molecule has 104 valence electrons. The highest BCUT2D eigenvalue weighted by Crippen LogP contribution is 2.27. The Hall–Kier alpha value is -0.820. The van der Waals surface area contributed by atoms with Crippen molar-refractivity contribution in [3.63, 3.8) is 0 Å². The fraction of sp³-hybridized carbons (Fsp3) is 0.364. The van der Waals surface area contributed by atoms with Crippen molar-refractivity contribution in [2.75, 3.05) is 18.5 Å². The van der Waals surface area contributed by atoms with Gasteiger partial charge in [0.2, 0.25) is 5.91 Å². The largest absolute Gasteiger partial charge is 0.381 e. The summed E-state index contributed by atoms with van der Waals surface area (Å²) in [7, 11) is 1.37. The summed E-state index contributed by atoms with van der Waals surface area (Å²) in [6, 6.07) is 3.89. The monoisotopic (exact) mass is 323 g/mol. The topological polar surface area (TPSA) is 72.5 Å². The molecule has 1 aromatic carbocycles. The summed E-state index contributed by atoms with van der Waals surface area (Å²) in [5.41, 5.74) is 0.350. The van der Waals surface area contributed by atoms with Crippen molar-refractivity contribution < 1.29 is 17.9 Å². The highest BCUT2D eigenvalue weighted by atomic mass is 35.7. The number of carbonyl (C=O) groups excluding carboxylic acids is 1. The van der Waals surface area contributed by atoms with Crippen LogP contribution in [0.15, 0.2) is 23.1 Å². The zero-order valence-electron chi connectivity index (χ0n) is 9.73. The summed E-state index contributed by atoms with van der Waals surface area (Å²) < 4.78 is 27.4. The molecule has 0 bridgehead atoms. The maximum atomic E-state index is 11.9. The van der Waals surface area contributed by atoms with Gasteiger partial charge in [0.1, 0.15) is 0 Å². The van der Waals surface area contributed by atoms with Crippen molar-refractivity contribution in [1.29, 1.82) is 0 Å². The average molecular weight is 324 g/mol. The summed E-state index contributed by atoms with van der Waals surface area (Å²) in [5.74, 6) is -0.395. The van der Waals surface area contributed by atoms with Gasteiger partial charge in [0.05, 0.1) is 28.1 Å². The molecular formula is C11H11Cl2NO4S. The second-order valence-electron chi connectivity index (χ2n) is 4.13. The molecule has 0 aliphatic carbocycles. The lowest BCUT2D eigenvalue weighted by Crippen LogP contribution is -2.23. The minimum atomic E-state index is -3.83.